The molecule has 0 spiro atoms. The first-order valence-corrected chi connectivity index (χ1v) is 9.13. The Bertz CT molecular complexity index is 788. The first kappa shape index (κ1) is 18.1. The van der Waals surface area contributed by atoms with Crippen LogP contribution < -0.4 is 19.5 Å². The van der Waals surface area contributed by atoms with Gasteiger partial charge >= 0.3 is 0 Å². The van der Waals surface area contributed by atoms with Crippen molar-refractivity contribution in [2.24, 2.45) is 0 Å². The van der Waals surface area contributed by atoms with Gasteiger partial charge in [-0.15, -0.1) is 0 Å². The smallest absolute Gasteiger partial charge is 0.225 e. The van der Waals surface area contributed by atoms with Gasteiger partial charge in [0.15, 0.2) is 11.5 Å². The lowest BCUT2D eigenvalue weighted by molar-refractivity contribution is -0.116. The molecule has 0 saturated carbocycles. The summed E-state index contributed by atoms with van der Waals surface area (Å²) in [6, 6.07) is 11.7. The number of carbonyl (C=O) groups excluding carboxylic acids is 1. The van der Waals surface area contributed by atoms with Gasteiger partial charge in [-0.3, -0.25) is 4.79 Å². The highest BCUT2D eigenvalue weighted by molar-refractivity contribution is 5.96. The minimum atomic E-state index is -0.0867. The monoisotopic (exact) mass is 355 g/mol. The molecule has 138 valence electrons. The van der Waals surface area contributed by atoms with E-state index < -0.39 is 0 Å². The Morgan fingerprint density at radius 2 is 1.50 bits per heavy atom. The summed E-state index contributed by atoms with van der Waals surface area (Å²) in [6.07, 6.45) is 0.372. The van der Waals surface area contributed by atoms with E-state index in [1.165, 1.54) is 0 Å². The van der Waals surface area contributed by atoms with E-state index in [1.807, 2.05) is 57.2 Å². The normalized spacial score (nSPS) is 15.8. The lowest BCUT2D eigenvalue weighted by atomic mass is 9.84. The van der Waals surface area contributed by atoms with Gasteiger partial charge in [0, 0.05) is 29.7 Å². The highest BCUT2D eigenvalue weighted by Gasteiger charge is 2.30. The van der Waals surface area contributed by atoms with E-state index in [0.717, 1.165) is 22.6 Å². The molecule has 3 rings (SSSR count). The van der Waals surface area contributed by atoms with E-state index >= 15 is 0 Å². The second-order valence-electron chi connectivity index (χ2n) is 6.03. The lowest BCUT2D eigenvalue weighted by Crippen LogP contribution is -2.24. The van der Waals surface area contributed by atoms with Gasteiger partial charge in [0.1, 0.15) is 5.75 Å². The van der Waals surface area contributed by atoms with E-state index in [1.54, 1.807) is 0 Å². The van der Waals surface area contributed by atoms with Crippen LogP contribution in [0.25, 0.3) is 0 Å². The third kappa shape index (κ3) is 3.62. The molecule has 0 bridgehead atoms. The number of anilines is 1. The summed E-state index contributed by atoms with van der Waals surface area (Å²) in [5, 5.41) is 2.96. The van der Waals surface area contributed by atoms with Gasteiger partial charge in [0.05, 0.1) is 19.8 Å². The number of fused-ring (bicyclic) bond motifs is 1. The fraction of sp³-hybridized carbons (Fsp3) is 0.381. The van der Waals surface area contributed by atoms with Gasteiger partial charge in [0.2, 0.25) is 5.91 Å². The lowest BCUT2D eigenvalue weighted by Gasteiger charge is -2.28. The van der Waals surface area contributed by atoms with Gasteiger partial charge in [-0.2, -0.15) is 0 Å². The largest absolute Gasteiger partial charge is 0.494 e. The Kier molecular flexibility index (Phi) is 5.66. The zero-order valence-electron chi connectivity index (χ0n) is 15.5. The molecule has 0 aromatic heterocycles. The highest BCUT2D eigenvalue weighted by Crippen LogP contribution is 2.45. The fourth-order valence-corrected chi connectivity index (χ4v) is 3.34. The Morgan fingerprint density at radius 1 is 0.885 bits per heavy atom. The molecule has 1 aliphatic heterocycles. The number of benzene rings is 2. The maximum absolute atomic E-state index is 12.3. The molecule has 1 atom stereocenters. The molecular formula is C21H25NO4. The van der Waals surface area contributed by atoms with Crippen molar-refractivity contribution in [3.05, 3.63) is 47.5 Å². The first-order chi connectivity index (χ1) is 12.7. The molecule has 0 radical (unpaired) electrons. The Hall–Kier alpha value is -2.69. The van der Waals surface area contributed by atoms with Crippen molar-refractivity contribution in [2.75, 3.05) is 25.1 Å². The van der Waals surface area contributed by atoms with Crippen LogP contribution in [0.15, 0.2) is 36.4 Å². The van der Waals surface area contributed by atoms with Gasteiger partial charge in [-0.25, -0.2) is 0 Å². The SMILES string of the molecule is CCOc1cc2c(cc1OCC)C(c1ccccc1OCC)CC(=O)N2. The maximum atomic E-state index is 12.3. The van der Waals surface area contributed by atoms with Crippen LogP contribution in [0.3, 0.4) is 0 Å². The molecule has 0 fully saturated rings. The maximum Gasteiger partial charge on any atom is 0.225 e. The summed E-state index contributed by atoms with van der Waals surface area (Å²) < 4.78 is 17.3. The number of hydrogen-bond acceptors (Lipinski definition) is 4. The molecular weight excluding hydrogens is 330 g/mol. The topological polar surface area (TPSA) is 56.8 Å². The van der Waals surface area contributed by atoms with Crippen molar-refractivity contribution in [3.63, 3.8) is 0 Å². The minimum Gasteiger partial charge on any atom is -0.494 e. The molecule has 1 aliphatic rings. The van der Waals surface area contributed by atoms with Crippen molar-refractivity contribution in [3.8, 4) is 17.2 Å². The van der Waals surface area contributed by atoms with Crippen molar-refractivity contribution in [1.82, 2.24) is 0 Å². The molecule has 0 aliphatic carbocycles. The molecule has 1 unspecified atom stereocenters. The Balaban J connectivity index is 2.11. The van der Waals surface area contributed by atoms with Crippen LogP contribution in [0.5, 0.6) is 17.2 Å². The van der Waals surface area contributed by atoms with Crippen molar-refractivity contribution in [2.45, 2.75) is 33.1 Å². The van der Waals surface area contributed by atoms with Crippen LogP contribution in [0.4, 0.5) is 5.69 Å². The first-order valence-electron chi connectivity index (χ1n) is 9.13. The summed E-state index contributed by atoms with van der Waals surface area (Å²) in [5.41, 5.74) is 2.80. The van der Waals surface area contributed by atoms with Crippen LogP contribution in [-0.2, 0) is 4.79 Å². The summed E-state index contributed by atoms with van der Waals surface area (Å²) in [4.78, 5) is 12.3. The van der Waals surface area contributed by atoms with Gasteiger partial charge in [-0.05, 0) is 38.5 Å². The predicted octanol–water partition coefficient (Wildman–Crippen LogP) is 4.36. The van der Waals surface area contributed by atoms with Gasteiger partial charge < -0.3 is 19.5 Å². The van der Waals surface area contributed by atoms with Crippen LogP contribution >= 0.6 is 0 Å². The molecule has 1 heterocycles. The summed E-state index contributed by atoms with van der Waals surface area (Å²) in [6.45, 7) is 7.48. The summed E-state index contributed by atoms with van der Waals surface area (Å²) >= 11 is 0. The summed E-state index contributed by atoms with van der Waals surface area (Å²) in [5.74, 6) is 2.06. The number of rotatable bonds is 7. The summed E-state index contributed by atoms with van der Waals surface area (Å²) in [7, 11) is 0. The van der Waals surface area contributed by atoms with Crippen LogP contribution in [0, 0.1) is 0 Å². The zero-order valence-corrected chi connectivity index (χ0v) is 15.5. The number of hydrogen-bond donors (Lipinski definition) is 1. The number of carbonyl (C=O) groups is 1. The van der Waals surface area contributed by atoms with E-state index in [4.69, 9.17) is 14.2 Å². The number of para-hydroxylation sites is 1. The fourth-order valence-electron chi connectivity index (χ4n) is 3.34. The number of amides is 1. The second kappa shape index (κ2) is 8.13. The molecule has 5 nitrogen and oxygen atoms in total. The molecule has 1 N–H and O–H groups in total. The van der Waals surface area contributed by atoms with E-state index in [2.05, 4.69) is 5.32 Å². The quantitative estimate of drug-likeness (QED) is 0.802. The van der Waals surface area contributed by atoms with E-state index in [-0.39, 0.29) is 11.8 Å². The zero-order chi connectivity index (χ0) is 18.5. The Labute approximate surface area is 154 Å². The van der Waals surface area contributed by atoms with E-state index in [9.17, 15) is 4.79 Å². The van der Waals surface area contributed by atoms with E-state index in [0.29, 0.717) is 37.7 Å². The second-order valence-corrected chi connectivity index (χ2v) is 6.03. The molecule has 5 heteroatoms. The minimum absolute atomic E-state index is 0.0135. The molecule has 2 aromatic rings. The highest BCUT2D eigenvalue weighted by atomic mass is 16.5. The third-order valence-corrected chi connectivity index (χ3v) is 4.35. The van der Waals surface area contributed by atoms with Crippen LogP contribution in [0.1, 0.15) is 44.2 Å². The van der Waals surface area contributed by atoms with Crippen molar-refractivity contribution >= 4 is 11.6 Å². The third-order valence-electron chi connectivity index (χ3n) is 4.35. The predicted molar refractivity (Wildman–Crippen MR) is 101 cm³/mol. The van der Waals surface area contributed by atoms with Crippen LogP contribution in [0.2, 0.25) is 0 Å². The van der Waals surface area contributed by atoms with Crippen molar-refractivity contribution in [1.29, 1.82) is 0 Å². The van der Waals surface area contributed by atoms with Gasteiger partial charge in [0.25, 0.3) is 0 Å². The molecule has 0 saturated heterocycles. The van der Waals surface area contributed by atoms with Crippen molar-refractivity contribution < 1.29 is 19.0 Å². The standard InChI is InChI=1S/C21H25NO4/c1-4-24-18-10-8-7-9-14(18)15-12-21(23)22-17-13-20(26-6-3)19(25-5-2)11-16(15)17/h7-11,13,15H,4-6,12H2,1-3H3,(H,22,23). The van der Waals surface area contributed by atoms with Crippen LogP contribution in [-0.4, -0.2) is 25.7 Å². The average Bonchev–Trinajstić information content (AvgIpc) is 2.63. The number of nitrogens with one attached hydrogen (secondary N) is 1. The average molecular weight is 355 g/mol. The molecule has 26 heavy (non-hydrogen) atoms. The van der Waals surface area contributed by atoms with Gasteiger partial charge in [-0.1, -0.05) is 18.2 Å². The molecule has 2 aromatic carbocycles. The molecule has 1 amide bonds. The Morgan fingerprint density at radius 3 is 2.19 bits per heavy atom. The number of ether oxygens (including phenoxy) is 3.